The minimum atomic E-state index is -0.313. The van der Waals surface area contributed by atoms with E-state index in [-0.39, 0.29) is 24.4 Å². The smallest absolute Gasteiger partial charge is 0.315 e. The van der Waals surface area contributed by atoms with Gasteiger partial charge in [-0.25, -0.2) is 4.79 Å². The molecule has 8 heteroatoms. The van der Waals surface area contributed by atoms with Crippen molar-refractivity contribution in [2.45, 2.75) is 12.5 Å². The van der Waals surface area contributed by atoms with Gasteiger partial charge in [0.2, 0.25) is 5.91 Å². The molecule has 1 atom stereocenters. The highest BCUT2D eigenvalue weighted by Crippen LogP contribution is 2.35. The van der Waals surface area contributed by atoms with Crippen LogP contribution >= 0.6 is 11.6 Å². The summed E-state index contributed by atoms with van der Waals surface area (Å²) < 4.78 is 11.0. The van der Waals surface area contributed by atoms with Crippen molar-refractivity contribution in [1.29, 1.82) is 0 Å². The van der Waals surface area contributed by atoms with Crippen molar-refractivity contribution in [3.8, 4) is 11.5 Å². The third kappa shape index (κ3) is 3.61. The number of alkyl halides is 1. The minimum Gasteiger partial charge on any atom is -0.486 e. The van der Waals surface area contributed by atoms with Crippen LogP contribution in [0, 0.1) is 0 Å². The van der Waals surface area contributed by atoms with E-state index in [9.17, 15) is 9.59 Å². The molecule has 2 aliphatic rings. The van der Waals surface area contributed by atoms with E-state index in [1.807, 2.05) is 6.07 Å². The number of benzene rings is 1. The van der Waals surface area contributed by atoms with Crippen molar-refractivity contribution in [2.75, 3.05) is 37.1 Å². The fourth-order valence-electron chi connectivity index (χ4n) is 2.65. The van der Waals surface area contributed by atoms with E-state index in [4.69, 9.17) is 21.1 Å². The normalized spacial score (nSPS) is 19.6. The van der Waals surface area contributed by atoms with Gasteiger partial charge in [0.25, 0.3) is 0 Å². The first kappa shape index (κ1) is 15.7. The Kier molecular flexibility index (Phi) is 4.76. The highest BCUT2D eigenvalue weighted by atomic mass is 35.5. The molecule has 0 saturated carbocycles. The van der Waals surface area contributed by atoms with Crippen LogP contribution in [0.1, 0.15) is 6.42 Å². The lowest BCUT2D eigenvalue weighted by molar-refractivity contribution is -0.117. The van der Waals surface area contributed by atoms with Crippen molar-refractivity contribution < 1.29 is 19.1 Å². The molecule has 3 amide bonds. The largest absolute Gasteiger partial charge is 0.486 e. The number of hydrogen-bond donors (Lipinski definition) is 2. The summed E-state index contributed by atoms with van der Waals surface area (Å²) in [7, 11) is 0. The number of carbonyl (C=O) groups excluding carboxylic acids is 2. The van der Waals surface area contributed by atoms with Crippen LogP contribution in [-0.2, 0) is 4.79 Å². The summed E-state index contributed by atoms with van der Waals surface area (Å²) in [6.45, 7) is 1.83. The molecule has 0 radical (unpaired) electrons. The molecule has 2 aliphatic heterocycles. The predicted octanol–water partition coefficient (Wildman–Crippen LogP) is 1.10. The molecule has 23 heavy (non-hydrogen) atoms. The van der Waals surface area contributed by atoms with Gasteiger partial charge in [-0.15, -0.1) is 11.6 Å². The van der Waals surface area contributed by atoms with Gasteiger partial charge in [0, 0.05) is 37.1 Å². The second-order valence-electron chi connectivity index (χ2n) is 5.32. The molecule has 0 bridgehead atoms. The predicted molar refractivity (Wildman–Crippen MR) is 85.4 cm³/mol. The van der Waals surface area contributed by atoms with Crippen LogP contribution in [0.4, 0.5) is 10.5 Å². The maximum Gasteiger partial charge on any atom is 0.315 e. The number of nitrogens with zero attached hydrogens (tertiary/aromatic N) is 1. The van der Waals surface area contributed by atoms with Gasteiger partial charge in [0.05, 0.1) is 6.04 Å². The van der Waals surface area contributed by atoms with Crippen molar-refractivity contribution in [2.24, 2.45) is 0 Å². The number of ether oxygens (including phenoxy) is 2. The lowest BCUT2D eigenvalue weighted by Crippen LogP contribution is -2.43. The Balaban J connectivity index is 1.65. The zero-order valence-corrected chi connectivity index (χ0v) is 13.3. The fourth-order valence-corrected chi connectivity index (χ4v) is 2.75. The molecule has 0 aliphatic carbocycles. The Morgan fingerprint density at radius 2 is 2.09 bits per heavy atom. The molecule has 7 nitrogen and oxygen atoms in total. The number of fused-ring (bicyclic) bond motifs is 1. The van der Waals surface area contributed by atoms with E-state index < -0.39 is 0 Å². The quantitative estimate of drug-likeness (QED) is 0.805. The summed E-state index contributed by atoms with van der Waals surface area (Å²) in [4.78, 5) is 25.5. The van der Waals surface area contributed by atoms with Gasteiger partial charge in [-0.1, -0.05) is 0 Å². The van der Waals surface area contributed by atoms with Gasteiger partial charge >= 0.3 is 6.03 Å². The van der Waals surface area contributed by atoms with Crippen molar-refractivity contribution in [3.63, 3.8) is 0 Å². The highest BCUT2D eigenvalue weighted by molar-refractivity contribution is 6.18. The average Bonchev–Trinajstić information content (AvgIpc) is 2.92. The Morgan fingerprint density at radius 1 is 1.30 bits per heavy atom. The number of carbonyl (C=O) groups is 2. The molecule has 0 aromatic heterocycles. The van der Waals surface area contributed by atoms with Gasteiger partial charge in [0.1, 0.15) is 13.2 Å². The lowest BCUT2D eigenvalue weighted by Gasteiger charge is -2.22. The number of hydrogen-bond acceptors (Lipinski definition) is 4. The summed E-state index contributed by atoms with van der Waals surface area (Å²) in [6.07, 6.45) is 0.267. The monoisotopic (exact) mass is 339 g/mol. The Bertz CT molecular complexity index is 610. The number of nitrogens with one attached hydrogen (secondary N) is 2. The third-order valence-electron chi connectivity index (χ3n) is 3.68. The molecule has 3 rings (SSSR count). The van der Waals surface area contributed by atoms with Crippen LogP contribution < -0.4 is 25.0 Å². The molecule has 0 unspecified atom stereocenters. The van der Waals surface area contributed by atoms with Gasteiger partial charge in [-0.2, -0.15) is 0 Å². The van der Waals surface area contributed by atoms with Crippen LogP contribution in [0.2, 0.25) is 0 Å². The topological polar surface area (TPSA) is 79.9 Å². The first-order chi connectivity index (χ1) is 11.2. The number of urea groups is 1. The molecular weight excluding hydrogens is 322 g/mol. The SMILES string of the molecule is O=C(NCCCl)N[C@@H]1CC(=O)N(c2ccc3c(c2)OCCO3)C1. The van der Waals surface area contributed by atoms with Gasteiger partial charge < -0.3 is 25.0 Å². The standard InChI is InChI=1S/C15H18ClN3O4/c16-3-4-17-15(21)18-10-7-14(20)19(9-10)11-1-2-12-13(8-11)23-6-5-22-12/h1-2,8,10H,3-7,9H2,(H2,17,18,21)/t10-/m1/s1. The fraction of sp³-hybridized carbons (Fsp3) is 0.467. The van der Waals surface area contributed by atoms with Crippen LogP contribution in [0.5, 0.6) is 11.5 Å². The minimum absolute atomic E-state index is 0.0377. The lowest BCUT2D eigenvalue weighted by atomic mass is 10.2. The Hall–Kier alpha value is -2.15. The molecule has 2 heterocycles. The second-order valence-corrected chi connectivity index (χ2v) is 5.70. The number of amides is 3. The molecular formula is C15H18ClN3O4. The first-order valence-electron chi connectivity index (χ1n) is 7.47. The van der Waals surface area contributed by atoms with E-state index >= 15 is 0 Å². The summed E-state index contributed by atoms with van der Waals surface area (Å²) in [5.74, 6) is 1.63. The zero-order valence-electron chi connectivity index (χ0n) is 12.5. The second kappa shape index (κ2) is 6.95. The third-order valence-corrected chi connectivity index (χ3v) is 3.87. The van der Waals surface area contributed by atoms with E-state index in [1.54, 1.807) is 17.0 Å². The molecule has 124 valence electrons. The molecule has 1 aromatic carbocycles. The summed E-state index contributed by atoms with van der Waals surface area (Å²) in [6, 6.07) is 4.87. The molecule has 0 spiro atoms. The Morgan fingerprint density at radius 3 is 2.87 bits per heavy atom. The van der Waals surface area contributed by atoms with Crippen molar-refractivity contribution in [3.05, 3.63) is 18.2 Å². The van der Waals surface area contributed by atoms with Crippen LogP contribution in [0.25, 0.3) is 0 Å². The first-order valence-corrected chi connectivity index (χ1v) is 8.01. The van der Waals surface area contributed by atoms with E-state index in [0.29, 0.717) is 43.7 Å². The molecule has 1 aromatic rings. The van der Waals surface area contributed by atoms with Gasteiger partial charge in [-0.3, -0.25) is 4.79 Å². The summed E-state index contributed by atoms with van der Waals surface area (Å²) >= 11 is 5.52. The average molecular weight is 340 g/mol. The van der Waals surface area contributed by atoms with Crippen LogP contribution in [0.3, 0.4) is 0 Å². The number of rotatable bonds is 4. The van der Waals surface area contributed by atoms with Gasteiger partial charge in [-0.05, 0) is 12.1 Å². The van der Waals surface area contributed by atoms with E-state index in [2.05, 4.69) is 10.6 Å². The van der Waals surface area contributed by atoms with Crippen molar-refractivity contribution in [1.82, 2.24) is 10.6 Å². The number of anilines is 1. The van der Waals surface area contributed by atoms with Crippen LogP contribution in [0.15, 0.2) is 18.2 Å². The summed E-state index contributed by atoms with van der Waals surface area (Å²) in [5, 5.41) is 5.40. The number of halogens is 1. The maximum atomic E-state index is 12.2. The Labute approximate surface area is 138 Å². The van der Waals surface area contributed by atoms with E-state index in [1.165, 1.54) is 0 Å². The zero-order chi connectivity index (χ0) is 16.2. The maximum absolute atomic E-state index is 12.2. The van der Waals surface area contributed by atoms with Crippen LogP contribution in [-0.4, -0.2) is 50.2 Å². The molecule has 2 N–H and O–H groups in total. The van der Waals surface area contributed by atoms with Gasteiger partial charge in [0.15, 0.2) is 11.5 Å². The molecule has 1 saturated heterocycles. The van der Waals surface area contributed by atoms with Crippen molar-refractivity contribution >= 4 is 29.2 Å². The summed E-state index contributed by atoms with van der Waals surface area (Å²) in [5.41, 5.74) is 0.740. The molecule has 1 fully saturated rings. The van der Waals surface area contributed by atoms with E-state index in [0.717, 1.165) is 5.69 Å². The highest BCUT2D eigenvalue weighted by Gasteiger charge is 2.32.